The summed E-state index contributed by atoms with van der Waals surface area (Å²) in [5.41, 5.74) is -0.244. The smallest absolute Gasteiger partial charge is 0.305 e. The summed E-state index contributed by atoms with van der Waals surface area (Å²) in [7, 11) is 1.31. The Morgan fingerprint density at radius 1 is 1.62 bits per heavy atom. The van der Waals surface area contributed by atoms with Gasteiger partial charge < -0.3 is 9.30 Å². The van der Waals surface area contributed by atoms with Crippen LogP contribution in [-0.2, 0) is 16.1 Å². The monoisotopic (exact) mass is 339 g/mol. The second-order valence-corrected chi connectivity index (χ2v) is 4.35. The van der Waals surface area contributed by atoms with Crippen molar-refractivity contribution in [3.8, 4) is 0 Å². The number of hydrogen-bond donors (Lipinski definition) is 0. The zero-order chi connectivity index (χ0) is 12.1. The number of nitrogens with zero attached hydrogens (tertiary/aromatic N) is 1. The average molecular weight is 339 g/mol. The lowest BCUT2D eigenvalue weighted by Crippen LogP contribution is -2.23. The summed E-state index contributed by atoms with van der Waals surface area (Å²) < 4.78 is 19.1. The van der Waals surface area contributed by atoms with Gasteiger partial charge in [-0.1, -0.05) is 0 Å². The van der Waals surface area contributed by atoms with Crippen molar-refractivity contribution >= 4 is 28.6 Å². The van der Waals surface area contributed by atoms with Gasteiger partial charge in [0.1, 0.15) is 5.82 Å². The topological polar surface area (TPSA) is 48.3 Å². The Hall–Kier alpha value is -0.920. The molecule has 6 heteroatoms. The molecule has 0 spiro atoms. The number of rotatable bonds is 4. The maximum Gasteiger partial charge on any atom is 0.305 e. The Labute approximate surface area is 106 Å². The summed E-state index contributed by atoms with van der Waals surface area (Å²) >= 11 is 1.78. The van der Waals surface area contributed by atoms with E-state index in [4.69, 9.17) is 0 Å². The van der Waals surface area contributed by atoms with Gasteiger partial charge in [-0.3, -0.25) is 9.59 Å². The third-order valence-electron chi connectivity index (χ3n) is 2.02. The average Bonchev–Trinajstić information content (AvgIpc) is 2.24. The number of carbonyl (C=O) groups is 1. The lowest BCUT2D eigenvalue weighted by molar-refractivity contribution is -0.140. The molecule has 1 rings (SSSR count). The molecule has 0 saturated heterocycles. The van der Waals surface area contributed by atoms with E-state index in [0.717, 1.165) is 6.20 Å². The van der Waals surface area contributed by atoms with Crippen molar-refractivity contribution in [3.63, 3.8) is 0 Å². The number of pyridine rings is 1. The number of carbonyl (C=O) groups excluding carboxylic acids is 1. The zero-order valence-electron chi connectivity index (χ0n) is 8.70. The summed E-state index contributed by atoms with van der Waals surface area (Å²) in [5, 5.41) is 0. The SMILES string of the molecule is COC(=O)CCCn1cc(F)cc(I)c1=O. The van der Waals surface area contributed by atoms with E-state index in [1.165, 1.54) is 17.7 Å². The first-order valence-electron chi connectivity index (χ1n) is 4.67. The molecular formula is C10H11FINO3. The normalized spacial score (nSPS) is 10.2. The summed E-state index contributed by atoms with van der Waals surface area (Å²) in [5.74, 6) is -0.791. The van der Waals surface area contributed by atoms with Gasteiger partial charge in [0.25, 0.3) is 5.56 Å². The number of aromatic nitrogens is 1. The highest BCUT2D eigenvalue weighted by Gasteiger charge is 2.05. The zero-order valence-corrected chi connectivity index (χ0v) is 10.9. The van der Waals surface area contributed by atoms with Crippen LogP contribution >= 0.6 is 22.6 Å². The van der Waals surface area contributed by atoms with Crippen molar-refractivity contribution in [2.75, 3.05) is 7.11 Å². The van der Waals surface area contributed by atoms with Crippen molar-refractivity contribution < 1.29 is 13.9 Å². The summed E-state index contributed by atoms with van der Waals surface area (Å²) in [6.07, 6.45) is 1.81. The molecule has 0 aliphatic heterocycles. The van der Waals surface area contributed by atoms with Gasteiger partial charge in [0, 0.05) is 19.2 Å². The van der Waals surface area contributed by atoms with Crippen LogP contribution in [0.4, 0.5) is 4.39 Å². The Morgan fingerprint density at radius 2 is 2.31 bits per heavy atom. The van der Waals surface area contributed by atoms with Crippen LogP contribution in [-0.4, -0.2) is 17.6 Å². The second kappa shape index (κ2) is 5.97. The van der Waals surface area contributed by atoms with Crippen LogP contribution in [0.1, 0.15) is 12.8 Å². The van der Waals surface area contributed by atoms with Gasteiger partial charge in [-0.2, -0.15) is 0 Å². The molecule has 88 valence electrons. The predicted octanol–water partition coefficient (Wildman–Crippen LogP) is 1.55. The van der Waals surface area contributed by atoms with Crippen LogP contribution < -0.4 is 5.56 Å². The van der Waals surface area contributed by atoms with Crippen molar-refractivity contribution in [3.05, 3.63) is 32.0 Å². The van der Waals surface area contributed by atoms with E-state index in [0.29, 0.717) is 16.5 Å². The maximum absolute atomic E-state index is 13.0. The molecule has 0 N–H and O–H groups in total. The fraction of sp³-hybridized carbons (Fsp3) is 0.400. The predicted molar refractivity (Wildman–Crippen MR) is 64.6 cm³/mol. The van der Waals surface area contributed by atoms with Gasteiger partial charge in [0.2, 0.25) is 0 Å². The molecule has 0 saturated carbocycles. The lowest BCUT2D eigenvalue weighted by atomic mass is 10.3. The molecule has 0 unspecified atom stereocenters. The molecule has 1 aromatic heterocycles. The largest absolute Gasteiger partial charge is 0.469 e. The molecule has 4 nitrogen and oxygen atoms in total. The molecule has 1 aromatic rings. The Kier molecular flexibility index (Phi) is 4.91. The minimum Gasteiger partial charge on any atom is -0.469 e. The van der Waals surface area contributed by atoms with E-state index >= 15 is 0 Å². The maximum atomic E-state index is 13.0. The van der Waals surface area contributed by atoms with Crippen molar-refractivity contribution in [2.24, 2.45) is 0 Å². The van der Waals surface area contributed by atoms with Gasteiger partial charge in [-0.25, -0.2) is 4.39 Å². The van der Waals surface area contributed by atoms with Crippen molar-refractivity contribution in [1.29, 1.82) is 0 Å². The number of aryl methyl sites for hydroxylation is 1. The molecule has 1 heterocycles. The molecule has 0 aliphatic carbocycles. The van der Waals surface area contributed by atoms with Crippen LogP contribution in [0.15, 0.2) is 17.1 Å². The van der Waals surface area contributed by atoms with Crippen molar-refractivity contribution in [2.45, 2.75) is 19.4 Å². The first-order chi connectivity index (χ1) is 7.54. The molecule has 16 heavy (non-hydrogen) atoms. The molecule has 0 aliphatic rings. The molecule has 0 atom stereocenters. The first-order valence-corrected chi connectivity index (χ1v) is 5.74. The number of hydrogen-bond acceptors (Lipinski definition) is 3. The van der Waals surface area contributed by atoms with Crippen LogP contribution in [0.25, 0.3) is 0 Å². The minimum absolute atomic E-state index is 0.218. The lowest BCUT2D eigenvalue weighted by Gasteiger charge is -2.05. The standard InChI is InChI=1S/C10H11FINO3/c1-16-9(14)3-2-4-13-6-7(11)5-8(12)10(13)15/h5-6H,2-4H2,1H3. The van der Waals surface area contributed by atoms with Gasteiger partial charge >= 0.3 is 5.97 Å². The molecule has 0 amide bonds. The van der Waals surface area contributed by atoms with E-state index < -0.39 is 5.82 Å². The van der Waals surface area contributed by atoms with E-state index in [9.17, 15) is 14.0 Å². The summed E-state index contributed by atoms with van der Waals surface area (Å²) in [6, 6.07) is 1.18. The van der Waals surface area contributed by atoms with E-state index in [1.807, 2.05) is 0 Å². The highest BCUT2D eigenvalue weighted by Crippen LogP contribution is 2.03. The Morgan fingerprint density at radius 3 is 2.94 bits per heavy atom. The first kappa shape index (κ1) is 13.1. The molecule has 0 aromatic carbocycles. The van der Waals surface area contributed by atoms with Gasteiger partial charge in [-0.05, 0) is 35.1 Å². The Balaban J connectivity index is 2.67. The van der Waals surface area contributed by atoms with Crippen LogP contribution in [0.3, 0.4) is 0 Å². The number of halogens is 2. The van der Waals surface area contributed by atoms with E-state index in [1.54, 1.807) is 22.6 Å². The third kappa shape index (κ3) is 3.58. The van der Waals surface area contributed by atoms with Gasteiger partial charge in [-0.15, -0.1) is 0 Å². The van der Waals surface area contributed by atoms with Gasteiger partial charge in [0.15, 0.2) is 0 Å². The van der Waals surface area contributed by atoms with Crippen LogP contribution in [0.2, 0.25) is 0 Å². The highest BCUT2D eigenvalue weighted by molar-refractivity contribution is 14.1. The van der Waals surface area contributed by atoms with Gasteiger partial charge in [0.05, 0.1) is 10.7 Å². The summed E-state index contributed by atoms with van der Waals surface area (Å²) in [6.45, 7) is 0.307. The molecule has 0 bridgehead atoms. The van der Waals surface area contributed by atoms with Crippen LogP contribution in [0.5, 0.6) is 0 Å². The van der Waals surface area contributed by atoms with Crippen LogP contribution in [0, 0.1) is 9.39 Å². The van der Waals surface area contributed by atoms with Crippen molar-refractivity contribution in [1.82, 2.24) is 4.57 Å². The number of methoxy groups -OCH3 is 1. The summed E-state index contributed by atoms with van der Waals surface area (Å²) in [4.78, 5) is 22.4. The highest BCUT2D eigenvalue weighted by atomic mass is 127. The quantitative estimate of drug-likeness (QED) is 0.618. The fourth-order valence-corrected chi connectivity index (χ4v) is 1.83. The number of ether oxygens (including phenoxy) is 1. The Bertz CT molecular complexity index is 444. The molecule has 0 fully saturated rings. The molecule has 0 radical (unpaired) electrons. The molecular weight excluding hydrogens is 328 g/mol. The third-order valence-corrected chi connectivity index (χ3v) is 2.79. The van der Waals surface area contributed by atoms with E-state index in [-0.39, 0.29) is 17.9 Å². The minimum atomic E-state index is -0.456. The fourth-order valence-electron chi connectivity index (χ4n) is 1.23. The second-order valence-electron chi connectivity index (χ2n) is 3.18. The number of esters is 1. The van der Waals surface area contributed by atoms with E-state index in [2.05, 4.69) is 4.74 Å².